The van der Waals surface area contributed by atoms with Crippen molar-refractivity contribution < 1.29 is 9.50 Å². The molecule has 28 heavy (non-hydrogen) atoms. The molecule has 2 aromatic carbocycles. The van der Waals surface area contributed by atoms with Crippen LogP contribution in [0.1, 0.15) is 34.7 Å². The molecule has 0 spiro atoms. The van der Waals surface area contributed by atoms with E-state index in [0.717, 1.165) is 35.1 Å². The SMILES string of the molecule is CCc1cnc(N(CCc2ccc(O)c(C)c2C)Cc2ccc(F)cc2)nc1. The van der Waals surface area contributed by atoms with Crippen molar-refractivity contribution in [3.63, 3.8) is 0 Å². The minimum atomic E-state index is -0.242. The molecule has 0 aliphatic rings. The van der Waals surface area contributed by atoms with E-state index in [9.17, 15) is 9.50 Å². The highest BCUT2D eigenvalue weighted by atomic mass is 19.1. The van der Waals surface area contributed by atoms with E-state index in [4.69, 9.17) is 0 Å². The molecule has 0 aliphatic carbocycles. The number of hydrogen-bond donors (Lipinski definition) is 1. The Hall–Kier alpha value is -2.95. The van der Waals surface area contributed by atoms with Gasteiger partial charge in [0.15, 0.2) is 0 Å². The molecular weight excluding hydrogens is 353 g/mol. The average Bonchev–Trinajstić information content (AvgIpc) is 2.72. The van der Waals surface area contributed by atoms with Gasteiger partial charge in [0, 0.05) is 25.5 Å². The lowest BCUT2D eigenvalue weighted by molar-refractivity contribution is 0.470. The summed E-state index contributed by atoms with van der Waals surface area (Å²) >= 11 is 0. The van der Waals surface area contributed by atoms with Crippen LogP contribution in [0.4, 0.5) is 10.3 Å². The van der Waals surface area contributed by atoms with Crippen LogP contribution in [0.3, 0.4) is 0 Å². The number of aromatic nitrogens is 2. The van der Waals surface area contributed by atoms with E-state index in [0.29, 0.717) is 24.8 Å². The first kappa shape index (κ1) is 19.8. The summed E-state index contributed by atoms with van der Waals surface area (Å²) in [5.74, 6) is 0.742. The maximum atomic E-state index is 13.3. The van der Waals surface area contributed by atoms with E-state index in [-0.39, 0.29) is 5.82 Å². The highest BCUT2D eigenvalue weighted by Crippen LogP contribution is 2.24. The van der Waals surface area contributed by atoms with Gasteiger partial charge in [0.05, 0.1) is 0 Å². The summed E-state index contributed by atoms with van der Waals surface area (Å²) in [6, 6.07) is 10.2. The van der Waals surface area contributed by atoms with E-state index in [1.165, 1.54) is 17.7 Å². The summed E-state index contributed by atoms with van der Waals surface area (Å²) in [6.45, 7) is 7.35. The second-order valence-electron chi connectivity index (χ2n) is 7.04. The predicted octanol–water partition coefficient (Wildman–Crippen LogP) is 4.75. The van der Waals surface area contributed by atoms with Crippen LogP contribution in [0.2, 0.25) is 0 Å². The summed E-state index contributed by atoms with van der Waals surface area (Å²) in [7, 11) is 0. The summed E-state index contributed by atoms with van der Waals surface area (Å²) in [4.78, 5) is 11.2. The fraction of sp³-hybridized carbons (Fsp3) is 0.304. The van der Waals surface area contributed by atoms with Crippen LogP contribution in [-0.2, 0) is 19.4 Å². The molecule has 0 atom stereocenters. The number of benzene rings is 2. The molecule has 146 valence electrons. The molecule has 4 nitrogen and oxygen atoms in total. The Bertz CT molecular complexity index is 924. The quantitative estimate of drug-likeness (QED) is 0.644. The van der Waals surface area contributed by atoms with E-state index in [1.54, 1.807) is 18.2 Å². The standard InChI is InChI=1S/C23H26FN3O/c1-4-18-13-25-23(26-14-18)27(15-19-5-8-21(24)9-6-19)12-11-20-7-10-22(28)17(3)16(20)2/h5-10,13-14,28H,4,11-12,15H2,1-3H3. The molecule has 3 aromatic rings. The van der Waals surface area contributed by atoms with Gasteiger partial charge in [0.2, 0.25) is 5.95 Å². The van der Waals surface area contributed by atoms with Gasteiger partial charge in [-0.2, -0.15) is 0 Å². The number of hydrogen-bond acceptors (Lipinski definition) is 4. The van der Waals surface area contributed by atoms with E-state index in [1.807, 2.05) is 32.3 Å². The van der Waals surface area contributed by atoms with Crippen molar-refractivity contribution in [1.29, 1.82) is 0 Å². The van der Waals surface area contributed by atoms with Crippen LogP contribution >= 0.6 is 0 Å². The molecule has 0 aliphatic heterocycles. The topological polar surface area (TPSA) is 49.2 Å². The molecule has 1 aromatic heterocycles. The van der Waals surface area contributed by atoms with Crippen molar-refractivity contribution in [2.45, 2.75) is 40.2 Å². The van der Waals surface area contributed by atoms with Crippen LogP contribution in [0.25, 0.3) is 0 Å². The Balaban J connectivity index is 1.82. The molecule has 5 heteroatoms. The average molecular weight is 379 g/mol. The van der Waals surface area contributed by atoms with Crippen LogP contribution in [-0.4, -0.2) is 21.6 Å². The molecule has 0 bridgehead atoms. The third-order valence-electron chi connectivity index (χ3n) is 5.19. The van der Waals surface area contributed by atoms with E-state index < -0.39 is 0 Å². The van der Waals surface area contributed by atoms with Gasteiger partial charge in [-0.1, -0.05) is 25.1 Å². The van der Waals surface area contributed by atoms with Crippen molar-refractivity contribution in [3.05, 3.63) is 82.4 Å². The van der Waals surface area contributed by atoms with Gasteiger partial charge in [0.25, 0.3) is 0 Å². The van der Waals surface area contributed by atoms with Gasteiger partial charge < -0.3 is 10.0 Å². The molecule has 0 radical (unpaired) electrons. The number of anilines is 1. The lowest BCUT2D eigenvalue weighted by atomic mass is 10.00. The van der Waals surface area contributed by atoms with E-state index >= 15 is 0 Å². The van der Waals surface area contributed by atoms with Crippen molar-refractivity contribution in [2.24, 2.45) is 0 Å². The van der Waals surface area contributed by atoms with Gasteiger partial charge >= 0.3 is 0 Å². The van der Waals surface area contributed by atoms with Crippen LogP contribution in [0.5, 0.6) is 5.75 Å². The van der Waals surface area contributed by atoms with Crippen molar-refractivity contribution in [2.75, 3.05) is 11.4 Å². The first-order chi connectivity index (χ1) is 13.5. The number of aryl methyl sites for hydroxylation is 1. The third kappa shape index (κ3) is 4.66. The number of aromatic hydroxyl groups is 1. The maximum absolute atomic E-state index is 13.3. The number of halogens is 1. The number of phenolic OH excluding ortho intramolecular Hbond substituents is 1. The molecule has 0 fully saturated rings. The Kier molecular flexibility index (Phi) is 6.24. The van der Waals surface area contributed by atoms with Crippen LogP contribution in [0, 0.1) is 19.7 Å². The minimum Gasteiger partial charge on any atom is -0.508 e. The third-order valence-corrected chi connectivity index (χ3v) is 5.19. The maximum Gasteiger partial charge on any atom is 0.225 e. The largest absolute Gasteiger partial charge is 0.508 e. The fourth-order valence-electron chi connectivity index (χ4n) is 3.14. The summed E-state index contributed by atoms with van der Waals surface area (Å²) in [6.07, 6.45) is 5.41. The van der Waals surface area contributed by atoms with Gasteiger partial charge in [0.1, 0.15) is 11.6 Å². The Morgan fingerprint density at radius 3 is 2.25 bits per heavy atom. The first-order valence-electron chi connectivity index (χ1n) is 9.56. The monoisotopic (exact) mass is 379 g/mol. The number of phenols is 1. The smallest absolute Gasteiger partial charge is 0.225 e. The van der Waals surface area contributed by atoms with Gasteiger partial charge in [-0.25, -0.2) is 14.4 Å². The van der Waals surface area contributed by atoms with Crippen LogP contribution in [0.15, 0.2) is 48.8 Å². The van der Waals surface area contributed by atoms with Gasteiger partial charge in [-0.05, 0) is 72.7 Å². The van der Waals surface area contributed by atoms with Gasteiger partial charge in [-0.15, -0.1) is 0 Å². The Morgan fingerprint density at radius 2 is 1.61 bits per heavy atom. The Morgan fingerprint density at radius 1 is 0.929 bits per heavy atom. The normalized spacial score (nSPS) is 10.9. The zero-order valence-corrected chi connectivity index (χ0v) is 16.6. The van der Waals surface area contributed by atoms with Crippen molar-refractivity contribution in [3.8, 4) is 5.75 Å². The summed E-state index contributed by atoms with van der Waals surface area (Å²) in [5.41, 5.74) is 5.29. The molecule has 0 saturated heterocycles. The molecule has 3 rings (SSSR count). The van der Waals surface area contributed by atoms with Crippen LogP contribution < -0.4 is 4.90 Å². The molecular formula is C23H26FN3O. The fourth-order valence-corrected chi connectivity index (χ4v) is 3.14. The highest BCUT2D eigenvalue weighted by molar-refractivity contribution is 5.43. The van der Waals surface area contributed by atoms with Crippen molar-refractivity contribution >= 4 is 5.95 Å². The second-order valence-corrected chi connectivity index (χ2v) is 7.04. The molecule has 0 saturated carbocycles. The molecule has 1 heterocycles. The lowest BCUT2D eigenvalue weighted by Gasteiger charge is -2.23. The number of nitrogens with zero attached hydrogens (tertiary/aromatic N) is 3. The highest BCUT2D eigenvalue weighted by Gasteiger charge is 2.13. The summed E-state index contributed by atoms with van der Waals surface area (Å²) in [5, 5.41) is 9.89. The molecule has 0 unspecified atom stereocenters. The second kappa shape index (κ2) is 8.83. The predicted molar refractivity (Wildman–Crippen MR) is 110 cm³/mol. The van der Waals surface area contributed by atoms with Gasteiger partial charge in [-0.3, -0.25) is 0 Å². The first-order valence-corrected chi connectivity index (χ1v) is 9.56. The summed E-state index contributed by atoms with van der Waals surface area (Å²) < 4.78 is 13.3. The molecule has 0 amide bonds. The van der Waals surface area contributed by atoms with E-state index in [2.05, 4.69) is 21.8 Å². The molecule has 1 N–H and O–H groups in total. The zero-order valence-electron chi connectivity index (χ0n) is 16.6. The number of rotatable bonds is 7. The Labute approximate surface area is 165 Å². The van der Waals surface area contributed by atoms with Crippen molar-refractivity contribution in [1.82, 2.24) is 9.97 Å². The lowest BCUT2D eigenvalue weighted by Crippen LogP contribution is -2.27. The minimum absolute atomic E-state index is 0.242. The zero-order chi connectivity index (χ0) is 20.1.